The van der Waals surface area contributed by atoms with Crippen molar-refractivity contribution in [3.8, 4) is 5.75 Å². The van der Waals surface area contributed by atoms with E-state index >= 15 is 0 Å². The minimum Gasteiger partial charge on any atom is -0.508 e. The van der Waals surface area contributed by atoms with Gasteiger partial charge in [-0.15, -0.1) is 0 Å². The third-order valence-electron chi connectivity index (χ3n) is 2.52. The smallest absolute Gasteiger partial charge is 0.323 e. The molecule has 0 aliphatic carbocycles. The molecule has 0 aliphatic rings. The molecule has 0 spiro atoms. The first-order valence-electron chi connectivity index (χ1n) is 5.27. The molecule has 4 nitrogen and oxygen atoms in total. The first kappa shape index (κ1) is 12.5. The summed E-state index contributed by atoms with van der Waals surface area (Å²) in [6.07, 6.45) is 0. The van der Waals surface area contributed by atoms with Gasteiger partial charge in [0.1, 0.15) is 11.8 Å². The van der Waals surface area contributed by atoms with Gasteiger partial charge in [-0.2, -0.15) is 0 Å². The molecule has 3 N–H and O–H groups in total. The van der Waals surface area contributed by atoms with Crippen LogP contribution in [0, 0.1) is 0 Å². The van der Waals surface area contributed by atoms with E-state index in [9.17, 15) is 4.79 Å². The van der Waals surface area contributed by atoms with Crippen molar-refractivity contribution in [2.24, 2.45) is 5.73 Å². The normalized spacial score (nSPS) is 14.2. The van der Waals surface area contributed by atoms with Crippen molar-refractivity contribution in [1.82, 2.24) is 0 Å². The van der Waals surface area contributed by atoms with E-state index in [-0.39, 0.29) is 11.7 Å². The molecule has 2 unspecified atom stereocenters. The number of carbonyl (C=O) groups is 1. The van der Waals surface area contributed by atoms with E-state index in [4.69, 9.17) is 15.6 Å². The maximum atomic E-state index is 11.4. The van der Waals surface area contributed by atoms with E-state index < -0.39 is 12.0 Å². The summed E-state index contributed by atoms with van der Waals surface area (Å²) >= 11 is 0. The van der Waals surface area contributed by atoms with Crippen molar-refractivity contribution in [2.75, 3.05) is 6.61 Å². The zero-order valence-corrected chi connectivity index (χ0v) is 9.51. The van der Waals surface area contributed by atoms with Crippen molar-refractivity contribution >= 4 is 5.97 Å². The molecule has 0 amide bonds. The number of hydrogen-bond donors (Lipinski definition) is 2. The van der Waals surface area contributed by atoms with Gasteiger partial charge in [0.25, 0.3) is 0 Å². The molecule has 0 fully saturated rings. The zero-order valence-electron chi connectivity index (χ0n) is 9.51. The number of ether oxygens (including phenoxy) is 1. The third-order valence-corrected chi connectivity index (χ3v) is 2.52. The molecule has 0 saturated carbocycles. The van der Waals surface area contributed by atoms with Gasteiger partial charge in [0.05, 0.1) is 6.61 Å². The van der Waals surface area contributed by atoms with E-state index in [0.29, 0.717) is 6.61 Å². The average molecular weight is 223 g/mol. The van der Waals surface area contributed by atoms with Gasteiger partial charge in [0, 0.05) is 5.92 Å². The van der Waals surface area contributed by atoms with Crippen LogP contribution in [0.3, 0.4) is 0 Å². The van der Waals surface area contributed by atoms with Crippen LogP contribution in [-0.2, 0) is 9.53 Å². The van der Waals surface area contributed by atoms with Crippen molar-refractivity contribution in [2.45, 2.75) is 25.8 Å². The second-order valence-corrected chi connectivity index (χ2v) is 3.66. The third kappa shape index (κ3) is 2.97. The summed E-state index contributed by atoms with van der Waals surface area (Å²) in [5.74, 6) is -0.344. The first-order valence-corrected chi connectivity index (χ1v) is 5.27. The van der Waals surface area contributed by atoms with Crippen LogP contribution >= 0.6 is 0 Å². The summed E-state index contributed by atoms with van der Waals surface area (Å²) in [6.45, 7) is 3.93. The SMILES string of the molecule is CCOC(=O)C(N)C(C)c1ccc(O)cc1. The van der Waals surface area contributed by atoms with E-state index in [0.717, 1.165) is 5.56 Å². The number of phenolic OH excluding ortho intramolecular Hbond substituents is 1. The van der Waals surface area contributed by atoms with Gasteiger partial charge in [0.2, 0.25) is 0 Å². The Bertz CT molecular complexity index is 348. The molecule has 4 heteroatoms. The van der Waals surface area contributed by atoms with Crippen molar-refractivity contribution in [3.05, 3.63) is 29.8 Å². The van der Waals surface area contributed by atoms with Gasteiger partial charge in [-0.25, -0.2) is 0 Å². The number of carbonyl (C=O) groups excluding carboxylic acids is 1. The molecule has 2 atom stereocenters. The minimum atomic E-state index is -0.676. The maximum Gasteiger partial charge on any atom is 0.323 e. The van der Waals surface area contributed by atoms with Crippen LogP contribution in [0.25, 0.3) is 0 Å². The Morgan fingerprint density at radius 2 is 2.00 bits per heavy atom. The molecule has 0 aromatic heterocycles. The predicted molar refractivity (Wildman–Crippen MR) is 61.1 cm³/mol. The standard InChI is InChI=1S/C12H17NO3/c1-3-16-12(15)11(13)8(2)9-4-6-10(14)7-5-9/h4-8,11,14H,3,13H2,1-2H3. The van der Waals surface area contributed by atoms with Crippen LogP contribution in [0.5, 0.6) is 5.75 Å². The lowest BCUT2D eigenvalue weighted by molar-refractivity contribution is -0.145. The maximum absolute atomic E-state index is 11.4. The summed E-state index contributed by atoms with van der Waals surface area (Å²) in [4.78, 5) is 11.4. The summed E-state index contributed by atoms with van der Waals surface area (Å²) in [7, 11) is 0. The van der Waals surface area contributed by atoms with Gasteiger partial charge in [-0.3, -0.25) is 4.79 Å². The Morgan fingerprint density at radius 3 is 2.50 bits per heavy atom. The van der Waals surface area contributed by atoms with Crippen molar-refractivity contribution < 1.29 is 14.6 Å². The largest absolute Gasteiger partial charge is 0.508 e. The number of nitrogens with two attached hydrogens (primary N) is 1. The Hall–Kier alpha value is -1.55. The number of aromatic hydroxyl groups is 1. The van der Waals surface area contributed by atoms with Gasteiger partial charge in [0.15, 0.2) is 0 Å². The lowest BCUT2D eigenvalue weighted by atomic mass is 9.94. The Kier molecular flexibility index (Phi) is 4.31. The quantitative estimate of drug-likeness (QED) is 0.756. The van der Waals surface area contributed by atoms with Crippen LogP contribution < -0.4 is 5.73 Å². The summed E-state index contributed by atoms with van der Waals surface area (Å²) in [6, 6.07) is 5.97. The average Bonchev–Trinajstić information content (AvgIpc) is 2.28. The highest BCUT2D eigenvalue weighted by Crippen LogP contribution is 2.21. The Morgan fingerprint density at radius 1 is 1.44 bits per heavy atom. The summed E-state index contributed by atoms with van der Waals surface area (Å²) < 4.78 is 4.86. The van der Waals surface area contributed by atoms with Gasteiger partial charge >= 0.3 is 5.97 Å². The minimum absolute atomic E-state index is 0.139. The molecule has 1 rings (SSSR count). The fourth-order valence-electron chi connectivity index (χ4n) is 1.43. The van der Waals surface area contributed by atoms with Crippen LogP contribution in [0.1, 0.15) is 25.3 Å². The fourth-order valence-corrected chi connectivity index (χ4v) is 1.43. The molecule has 88 valence electrons. The van der Waals surface area contributed by atoms with Crippen molar-refractivity contribution in [1.29, 1.82) is 0 Å². The summed E-state index contributed by atoms with van der Waals surface area (Å²) in [5, 5.41) is 9.15. The lowest BCUT2D eigenvalue weighted by Gasteiger charge is -2.18. The Labute approximate surface area is 95.0 Å². The molecular weight excluding hydrogens is 206 g/mol. The van der Waals surface area contributed by atoms with Crippen LogP contribution in [0.2, 0.25) is 0 Å². The molecule has 1 aromatic carbocycles. The fraction of sp³-hybridized carbons (Fsp3) is 0.417. The van der Waals surface area contributed by atoms with E-state index in [1.54, 1.807) is 31.2 Å². The highest BCUT2D eigenvalue weighted by molar-refractivity contribution is 5.76. The highest BCUT2D eigenvalue weighted by Gasteiger charge is 2.23. The topological polar surface area (TPSA) is 72.5 Å². The van der Waals surface area contributed by atoms with Gasteiger partial charge in [-0.05, 0) is 24.6 Å². The number of benzene rings is 1. The predicted octanol–water partition coefficient (Wildman–Crippen LogP) is 1.39. The zero-order chi connectivity index (χ0) is 12.1. The van der Waals surface area contributed by atoms with E-state index in [1.807, 2.05) is 6.92 Å². The molecule has 1 aromatic rings. The lowest BCUT2D eigenvalue weighted by Crippen LogP contribution is -2.37. The molecule has 0 radical (unpaired) electrons. The van der Waals surface area contributed by atoms with Crippen LogP contribution in [-0.4, -0.2) is 23.7 Å². The van der Waals surface area contributed by atoms with Crippen LogP contribution in [0.15, 0.2) is 24.3 Å². The van der Waals surface area contributed by atoms with E-state index in [2.05, 4.69) is 0 Å². The molecule has 0 aliphatic heterocycles. The van der Waals surface area contributed by atoms with Crippen LogP contribution in [0.4, 0.5) is 0 Å². The molecule has 0 saturated heterocycles. The monoisotopic (exact) mass is 223 g/mol. The number of rotatable bonds is 4. The molecular formula is C12H17NO3. The second kappa shape index (κ2) is 5.51. The first-order chi connectivity index (χ1) is 7.56. The van der Waals surface area contributed by atoms with Gasteiger partial charge in [-0.1, -0.05) is 19.1 Å². The molecule has 0 heterocycles. The number of esters is 1. The van der Waals surface area contributed by atoms with E-state index in [1.165, 1.54) is 0 Å². The molecule has 0 bridgehead atoms. The highest BCUT2D eigenvalue weighted by atomic mass is 16.5. The molecule has 16 heavy (non-hydrogen) atoms. The van der Waals surface area contributed by atoms with Crippen molar-refractivity contribution in [3.63, 3.8) is 0 Å². The second-order valence-electron chi connectivity index (χ2n) is 3.66. The summed E-state index contributed by atoms with van der Waals surface area (Å²) in [5.41, 5.74) is 6.68. The number of hydrogen-bond acceptors (Lipinski definition) is 4. The Balaban J connectivity index is 2.73. The number of phenols is 1. The van der Waals surface area contributed by atoms with Gasteiger partial charge < -0.3 is 15.6 Å².